The number of carbonyl (C=O) groups excluding carboxylic acids is 2. The second kappa shape index (κ2) is 7.73. The monoisotopic (exact) mass is 437 g/mol. The molecule has 0 unspecified atom stereocenters. The number of rotatable bonds is 4. The molecule has 0 saturated carbocycles. The normalized spacial score (nSPS) is 27.7. The first kappa shape index (κ1) is 20.9. The van der Waals surface area contributed by atoms with E-state index in [9.17, 15) is 18.0 Å². The fourth-order valence-corrected chi connectivity index (χ4v) is 5.21. The van der Waals surface area contributed by atoms with E-state index in [1.165, 1.54) is 15.5 Å². The molecule has 164 valence electrons. The van der Waals surface area contributed by atoms with Crippen LogP contribution in [0.2, 0.25) is 0 Å². The number of fused-ring (bicyclic) bond motifs is 1. The molecular formula is C20H27N3O6S. The molecule has 1 N–H and O–H groups in total. The highest BCUT2D eigenvalue weighted by Crippen LogP contribution is 2.37. The highest BCUT2D eigenvalue weighted by molar-refractivity contribution is 7.88. The SMILES string of the molecule is C[C@@]1(c2ccc3c(c2)OCCCO3)NC(=O)N(C[C@@H]2CCCN(S(C)(=O)=O)C2)C1=O. The molecule has 3 amide bonds. The first-order valence-corrected chi connectivity index (χ1v) is 12.0. The predicted octanol–water partition coefficient (Wildman–Crippen LogP) is 1.29. The third kappa shape index (κ3) is 3.85. The Morgan fingerprint density at radius 1 is 1.17 bits per heavy atom. The van der Waals surface area contributed by atoms with E-state index in [1.807, 2.05) is 0 Å². The molecule has 30 heavy (non-hydrogen) atoms. The Hall–Kier alpha value is -2.33. The van der Waals surface area contributed by atoms with Crippen LogP contribution in [0.15, 0.2) is 18.2 Å². The van der Waals surface area contributed by atoms with Gasteiger partial charge in [0.2, 0.25) is 10.0 Å². The number of nitrogens with zero attached hydrogens (tertiary/aromatic N) is 2. The van der Waals surface area contributed by atoms with Gasteiger partial charge in [-0.2, -0.15) is 0 Å². The number of nitrogens with one attached hydrogen (secondary N) is 1. The molecule has 3 aliphatic rings. The zero-order valence-electron chi connectivity index (χ0n) is 17.2. The van der Waals surface area contributed by atoms with Crippen LogP contribution in [0.4, 0.5) is 4.79 Å². The van der Waals surface area contributed by atoms with E-state index in [0.29, 0.717) is 49.8 Å². The number of carbonyl (C=O) groups is 2. The van der Waals surface area contributed by atoms with Gasteiger partial charge in [0, 0.05) is 26.1 Å². The summed E-state index contributed by atoms with van der Waals surface area (Å²) >= 11 is 0. The molecular weight excluding hydrogens is 410 g/mol. The van der Waals surface area contributed by atoms with Gasteiger partial charge in [-0.3, -0.25) is 9.69 Å². The molecule has 2 atom stereocenters. The van der Waals surface area contributed by atoms with Gasteiger partial charge in [0.1, 0.15) is 5.54 Å². The topological polar surface area (TPSA) is 105 Å². The average Bonchev–Trinajstić information content (AvgIpc) is 2.87. The summed E-state index contributed by atoms with van der Waals surface area (Å²) in [6.07, 6.45) is 3.44. The number of ether oxygens (including phenoxy) is 2. The van der Waals surface area contributed by atoms with Crippen molar-refractivity contribution in [3.05, 3.63) is 23.8 Å². The van der Waals surface area contributed by atoms with E-state index in [4.69, 9.17) is 9.47 Å². The molecule has 2 fully saturated rings. The van der Waals surface area contributed by atoms with Crippen molar-refractivity contribution in [3.63, 3.8) is 0 Å². The first-order valence-electron chi connectivity index (χ1n) is 10.2. The van der Waals surface area contributed by atoms with Gasteiger partial charge in [0.25, 0.3) is 5.91 Å². The number of hydrogen-bond acceptors (Lipinski definition) is 6. The zero-order valence-corrected chi connectivity index (χ0v) is 18.0. The maximum Gasteiger partial charge on any atom is 0.325 e. The van der Waals surface area contributed by atoms with Crippen molar-refractivity contribution in [3.8, 4) is 11.5 Å². The smallest absolute Gasteiger partial charge is 0.325 e. The molecule has 1 aromatic carbocycles. The molecule has 9 nitrogen and oxygen atoms in total. The molecule has 2 saturated heterocycles. The lowest BCUT2D eigenvalue weighted by Crippen LogP contribution is -2.45. The van der Waals surface area contributed by atoms with Gasteiger partial charge < -0.3 is 14.8 Å². The van der Waals surface area contributed by atoms with E-state index in [-0.39, 0.29) is 18.4 Å². The van der Waals surface area contributed by atoms with Crippen molar-refractivity contribution in [1.29, 1.82) is 0 Å². The number of piperidine rings is 1. The lowest BCUT2D eigenvalue weighted by Gasteiger charge is -2.32. The van der Waals surface area contributed by atoms with Crippen molar-refractivity contribution in [2.75, 3.05) is 39.1 Å². The zero-order chi connectivity index (χ0) is 21.5. The van der Waals surface area contributed by atoms with E-state index in [1.54, 1.807) is 25.1 Å². The standard InChI is InChI=1S/C20H27N3O6S/c1-20(15-6-7-16-17(11-15)29-10-4-9-28-16)18(24)23(19(25)21-20)13-14-5-3-8-22(12-14)30(2,26)27/h6-7,11,14H,3-5,8-10,12-13H2,1-2H3,(H,21,25)/t14-,20+/m1/s1. The molecule has 3 aliphatic heterocycles. The maximum absolute atomic E-state index is 13.3. The summed E-state index contributed by atoms with van der Waals surface area (Å²) in [5, 5.41) is 2.81. The van der Waals surface area contributed by atoms with Crippen LogP contribution in [0.3, 0.4) is 0 Å². The van der Waals surface area contributed by atoms with Crippen LogP contribution in [-0.4, -0.2) is 68.7 Å². The summed E-state index contributed by atoms with van der Waals surface area (Å²) in [4.78, 5) is 27.1. The summed E-state index contributed by atoms with van der Waals surface area (Å²) < 4.78 is 36.5. The summed E-state index contributed by atoms with van der Waals surface area (Å²) in [5.74, 6) is 0.743. The number of hydrogen-bond donors (Lipinski definition) is 1. The van der Waals surface area contributed by atoms with Crippen molar-refractivity contribution in [2.24, 2.45) is 5.92 Å². The largest absolute Gasteiger partial charge is 0.490 e. The highest BCUT2D eigenvalue weighted by Gasteiger charge is 2.50. The first-order chi connectivity index (χ1) is 14.2. The Morgan fingerprint density at radius 3 is 2.63 bits per heavy atom. The van der Waals surface area contributed by atoms with Crippen LogP contribution in [0.25, 0.3) is 0 Å². The lowest BCUT2D eigenvalue weighted by atomic mass is 9.91. The highest BCUT2D eigenvalue weighted by atomic mass is 32.2. The van der Waals surface area contributed by atoms with Gasteiger partial charge in [0.05, 0.1) is 19.5 Å². The fourth-order valence-electron chi connectivity index (χ4n) is 4.27. The Labute approximate surface area is 176 Å². The van der Waals surface area contributed by atoms with Gasteiger partial charge in [0.15, 0.2) is 11.5 Å². The average molecular weight is 438 g/mol. The summed E-state index contributed by atoms with van der Waals surface area (Å²) in [6.45, 7) is 3.76. The third-order valence-corrected chi connectivity index (χ3v) is 7.26. The van der Waals surface area contributed by atoms with Gasteiger partial charge in [-0.1, -0.05) is 6.07 Å². The third-order valence-electron chi connectivity index (χ3n) is 5.99. The Morgan fingerprint density at radius 2 is 1.90 bits per heavy atom. The minimum atomic E-state index is -3.29. The summed E-state index contributed by atoms with van der Waals surface area (Å²) in [6, 6.07) is 4.80. The van der Waals surface area contributed by atoms with Crippen LogP contribution in [-0.2, 0) is 20.4 Å². The Balaban J connectivity index is 1.53. The minimum absolute atomic E-state index is 0.0886. The number of urea groups is 1. The number of imide groups is 1. The van der Waals surface area contributed by atoms with Gasteiger partial charge >= 0.3 is 6.03 Å². The fraction of sp³-hybridized carbons (Fsp3) is 0.600. The molecule has 3 heterocycles. The molecule has 0 spiro atoms. The molecule has 1 aromatic rings. The molecule has 0 bridgehead atoms. The quantitative estimate of drug-likeness (QED) is 0.712. The van der Waals surface area contributed by atoms with Gasteiger partial charge in [-0.05, 0) is 43.4 Å². The minimum Gasteiger partial charge on any atom is -0.490 e. The molecule has 0 aliphatic carbocycles. The van der Waals surface area contributed by atoms with Crippen LogP contribution < -0.4 is 14.8 Å². The second-order valence-corrected chi connectivity index (χ2v) is 10.3. The van der Waals surface area contributed by atoms with Crippen LogP contribution in [0, 0.1) is 5.92 Å². The molecule has 0 radical (unpaired) electrons. The van der Waals surface area contributed by atoms with Crippen LogP contribution in [0.5, 0.6) is 11.5 Å². The van der Waals surface area contributed by atoms with E-state index in [0.717, 1.165) is 12.8 Å². The number of sulfonamides is 1. The van der Waals surface area contributed by atoms with Crippen molar-refractivity contribution >= 4 is 22.0 Å². The maximum atomic E-state index is 13.3. The Bertz CT molecular complexity index is 965. The lowest BCUT2D eigenvalue weighted by molar-refractivity contribution is -0.131. The number of amides is 3. The van der Waals surface area contributed by atoms with E-state index in [2.05, 4.69) is 5.32 Å². The predicted molar refractivity (Wildman–Crippen MR) is 109 cm³/mol. The summed E-state index contributed by atoms with van der Waals surface area (Å²) in [7, 11) is -3.29. The van der Waals surface area contributed by atoms with Gasteiger partial charge in [-0.25, -0.2) is 17.5 Å². The van der Waals surface area contributed by atoms with Gasteiger partial charge in [-0.15, -0.1) is 0 Å². The van der Waals surface area contributed by atoms with Crippen molar-refractivity contribution in [2.45, 2.75) is 31.7 Å². The van der Waals surface area contributed by atoms with Crippen LogP contribution >= 0.6 is 0 Å². The molecule has 4 rings (SSSR count). The molecule has 10 heteroatoms. The van der Waals surface area contributed by atoms with E-state index >= 15 is 0 Å². The van der Waals surface area contributed by atoms with Crippen molar-refractivity contribution in [1.82, 2.24) is 14.5 Å². The Kier molecular flexibility index (Phi) is 5.39. The number of benzene rings is 1. The second-order valence-electron chi connectivity index (χ2n) is 8.31. The molecule has 0 aromatic heterocycles. The summed E-state index contributed by atoms with van der Waals surface area (Å²) in [5.41, 5.74) is -0.596. The van der Waals surface area contributed by atoms with Crippen LogP contribution in [0.1, 0.15) is 31.7 Å². The van der Waals surface area contributed by atoms with Crippen molar-refractivity contribution < 1.29 is 27.5 Å². The van der Waals surface area contributed by atoms with E-state index < -0.39 is 21.6 Å².